The number of carbonyl (C=O) groups excluding carboxylic acids is 1. The van der Waals surface area contributed by atoms with Gasteiger partial charge in [0, 0.05) is 11.4 Å². The van der Waals surface area contributed by atoms with E-state index in [0.29, 0.717) is 17.2 Å². The number of hydrogen-bond acceptors (Lipinski definition) is 5. The van der Waals surface area contributed by atoms with Crippen molar-refractivity contribution in [2.75, 3.05) is 5.32 Å². The molecule has 2 rings (SSSR count). The minimum Gasteiger partial charge on any atom is -0.471 e. The lowest BCUT2D eigenvalue weighted by atomic mass is 10.3. The SMILES string of the molecule is CCC(=O)Nc1nnnn1COc1ccc(Cl)cc1. The highest BCUT2D eigenvalue weighted by Crippen LogP contribution is 2.16. The van der Waals surface area contributed by atoms with E-state index in [4.69, 9.17) is 16.3 Å². The highest BCUT2D eigenvalue weighted by molar-refractivity contribution is 6.30. The molecule has 2 aromatic rings. The Labute approximate surface area is 114 Å². The molecule has 0 saturated heterocycles. The molecule has 0 fully saturated rings. The van der Waals surface area contributed by atoms with Crippen LogP contribution in [0.25, 0.3) is 0 Å². The number of tetrazole rings is 1. The first-order chi connectivity index (χ1) is 9.19. The van der Waals surface area contributed by atoms with Gasteiger partial charge < -0.3 is 4.74 Å². The van der Waals surface area contributed by atoms with Crippen molar-refractivity contribution in [3.8, 4) is 5.75 Å². The molecule has 0 unspecified atom stereocenters. The number of nitrogens with zero attached hydrogens (tertiary/aromatic N) is 4. The Morgan fingerprint density at radius 3 is 2.84 bits per heavy atom. The summed E-state index contributed by atoms with van der Waals surface area (Å²) in [5.41, 5.74) is 0. The molecular weight excluding hydrogens is 270 g/mol. The highest BCUT2D eigenvalue weighted by Gasteiger charge is 2.08. The Hall–Kier alpha value is -2.15. The van der Waals surface area contributed by atoms with Crippen LogP contribution in [0.4, 0.5) is 5.95 Å². The van der Waals surface area contributed by atoms with E-state index >= 15 is 0 Å². The first kappa shape index (κ1) is 13.3. The number of anilines is 1. The molecule has 1 N–H and O–H groups in total. The van der Waals surface area contributed by atoms with E-state index in [0.717, 1.165) is 0 Å². The smallest absolute Gasteiger partial charge is 0.252 e. The molecule has 7 nitrogen and oxygen atoms in total. The van der Waals surface area contributed by atoms with Crippen LogP contribution in [0.5, 0.6) is 5.75 Å². The van der Waals surface area contributed by atoms with E-state index in [1.165, 1.54) is 4.68 Å². The van der Waals surface area contributed by atoms with Crippen LogP contribution in [0.15, 0.2) is 24.3 Å². The number of nitrogens with one attached hydrogen (secondary N) is 1. The minimum absolute atomic E-state index is 0.0912. The third-order valence-corrected chi connectivity index (χ3v) is 2.52. The van der Waals surface area contributed by atoms with Crippen molar-refractivity contribution in [2.24, 2.45) is 0 Å². The van der Waals surface area contributed by atoms with Crippen LogP contribution in [0, 0.1) is 0 Å². The monoisotopic (exact) mass is 281 g/mol. The number of benzene rings is 1. The number of aromatic nitrogens is 4. The lowest BCUT2D eigenvalue weighted by Gasteiger charge is -2.07. The van der Waals surface area contributed by atoms with Gasteiger partial charge in [-0.25, -0.2) is 0 Å². The van der Waals surface area contributed by atoms with Crippen molar-refractivity contribution >= 4 is 23.5 Å². The second kappa shape index (κ2) is 6.14. The van der Waals surface area contributed by atoms with Crippen molar-refractivity contribution in [2.45, 2.75) is 20.1 Å². The Balaban J connectivity index is 1.98. The third kappa shape index (κ3) is 3.65. The summed E-state index contributed by atoms with van der Waals surface area (Å²) in [5, 5.41) is 14.1. The van der Waals surface area contributed by atoms with E-state index in [2.05, 4.69) is 20.8 Å². The van der Waals surface area contributed by atoms with Gasteiger partial charge in [0.2, 0.25) is 5.91 Å². The molecule has 100 valence electrons. The maximum Gasteiger partial charge on any atom is 0.252 e. The van der Waals surface area contributed by atoms with Crippen LogP contribution in [0.3, 0.4) is 0 Å². The van der Waals surface area contributed by atoms with Crippen molar-refractivity contribution in [3.05, 3.63) is 29.3 Å². The quantitative estimate of drug-likeness (QED) is 0.902. The molecule has 0 bridgehead atoms. The summed E-state index contributed by atoms with van der Waals surface area (Å²) in [4.78, 5) is 11.3. The van der Waals surface area contributed by atoms with Crippen LogP contribution < -0.4 is 10.1 Å². The van der Waals surface area contributed by atoms with Gasteiger partial charge in [-0.1, -0.05) is 23.6 Å². The number of halogens is 1. The molecule has 8 heteroatoms. The first-order valence-corrected chi connectivity index (χ1v) is 6.01. The minimum atomic E-state index is -0.164. The second-order valence-corrected chi connectivity index (χ2v) is 4.07. The third-order valence-electron chi connectivity index (χ3n) is 2.27. The van der Waals surface area contributed by atoms with Crippen LogP contribution in [0.2, 0.25) is 5.02 Å². The number of carbonyl (C=O) groups is 1. The predicted molar refractivity (Wildman–Crippen MR) is 68.8 cm³/mol. The van der Waals surface area contributed by atoms with Gasteiger partial charge in [0.25, 0.3) is 5.95 Å². The highest BCUT2D eigenvalue weighted by atomic mass is 35.5. The number of rotatable bonds is 5. The predicted octanol–water partition coefficient (Wildman–Crippen LogP) is 1.71. The number of ether oxygens (including phenoxy) is 1. The van der Waals surface area contributed by atoms with Gasteiger partial charge in [0.15, 0.2) is 6.73 Å². The maximum absolute atomic E-state index is 11.3. The van der Waals surface area contributed by atoms with Gasteiger partial charge in [-0.2, -0.15) is 4.68 Å². The fraction of sp³-hybridized carbons (Fsp3) is 0.273. The molecule has 0 aliphatic heterocycles. The molecule has 0 atom stereocenters. The summed E-state index contributed by atoms with van der Waals surface area (Å²) in [6.07, 6.45) is 0.352. The Morgan fingerprint density at radius 2 is 2.16 bits per heavy atom. The molecule has 1 aromatic heterocycles. The molecule has 0 spiro atoms. The van der Waals surface area contributed by atoms with Gasteiger partial charge in [0.1, 0.15) is 5.75 Å². The van der Waals surface area contributed by atoms with Crippen molar-refractivity contribution < 1.29 is 9.53 Å². The molecular formula is C11H12ClN5O2. The maximum atomic E-state index is 11.3. The van der Waals surface area contributed by atoms with Gasteiger partial charge in [-0.05, 0) is 34.7 Å². The zero-order chi connectivity index (χ0) is 13.7. The molecule has 1 heterocycles. The van der Waals surface area contributed by atoms with E-state index in [1.807, 2.05) is 0 Å². The number of hydrogen-bond donors (Lipinski definition) is 1. The summed E-state index contributed by atoms with van der Waals surface area (Å²) < 4.78 is 6.82. The van der Waals surface area contributed by atoms with Gasteiger partial charge in [-0.15, -0.1) is 0 Å². The van der Waals surface area contributed by atoms with Crippen LogP contribution >= 0.6 is 11.6 Å². The molecule has 0 saturated carbocycles. The molecule has 1 aromatic carbocycles. The fourth-order valence-electron chi connectivity index (χ4n) is 1.26. The molecule has 0 aliphatic rings. The average Bonchev–Trinajstić information content (AvgIpc) is 2.85. The van der Waals surface area contributed by atoms with Crippen molar-refractivity contribution in [1.82, 2.24) is 20.2 Å². The molecule has 1 amide bonds. The second-order valence-electron chi connectivity index (χ2n) is 3.63. The van der Waals surface area contributed by atoms with Gasteiger partial charge in [-0.3, -0.25) is 10.1 Å². The van der Waals surface area contributed by atoms with Crippen LogP contribution in [0.1, 0.15) is 13.3 Å². The Bertz CT molecular complexity index is 554. The fourth-order valence-corrected chi connectivity index (χ4v) is 1.39. The summed E-state index contributed by atoms with van der Waals surface area (Å²) in [7, 11) is 0. The Kier molecular flexibility index (Phi) is 4.30. The van der Waals surface area contributed by atoms with Crippen LogP contribution in [-0.2, 0) is 11.5 Å². The first-order valence-electron chi connectivity index (χ1n) is 5.63. The van der Waals surface area contributed by atoms with Crippen molar-refractivity contribution in [3.63, 3.8) is 0 Å². The normalized spacial score (nSPS) is 10.2. The average molecular weight is 282 g/mol. The zero-order valence-electron chi connectivity index (χ0n) is 10.2. The van der Waals surface area contributed by atoms with E-state index in [9.17, 15) is 4.79 Å². The summed E-state index contributed by atoms with van der Waals surface area (Å²) in [6, 6.07) is 6.90. The summed E-state index contributed by atoms with van der Waals surface area (Å²) in [6.45, 7) is 1.83. The number of amides is 1. The van der Waals surface area contributed by atoms with Gasteiger partial charge in [0.05, 0.1) is 0 Å². The van der Waals surface area contributed by atoms with E-state index < -0.39 is 0 Å². The van der Waals surface area contributed by atoms with E-state index in [1.54, 1.807) is 31.2 Å². The molecule has 0 radical (unpaired) electrons. The zero-order valence-corrected chi connectivity index (χ0v) is 11.0. The van der Waals surface area contributed by atoms with Crippen LogP contribution in [-0.4, -0.2) is 26.1 Å². The van der Waals surface area contributed by atoms with Crippen molar-refractivity contribution in [1.29, 1.82) is 0 Å². The summed E-state index contributed by atoms with van der Waals surface area (Å²) >= 11 is 5.77. The lowest BCUT2D eigenvalue weighted by molar-refractivity contribution is -0.116. The van der Waals surface area contributed by atoms with E-state index in [-0.39, 0.29) is 18.6 Å². The Morgan fingerprint density at radius 1 is 1.42 bits per heavy atom. The lowest BCUT2D eigenvalue weighted by Crippen LogP contribution is -2.17. The summed E-state index contributed by atoms with van der Waals surface area (Å²) in [5.74, 6) is 0.719. The topological polar surface area (TPSA) is 81.9 Å². The largest absolute Gasteiger partial charge is 0.471 e. The molecule has 19 heavy (non-hydrogen) atoms. The molecule has 0 aliphatic carbocycles. The van der Waals surface area contributed by atoms with Gasteiger partial charge >= 0.3 is 0 Å². The standard InChI is InChI=1S/C11H12ClN5O2/c1-2-10(18)13-11-14-15-16-17(11)7-19-9-5-3-8(12)4-6-9/h3-6H,2,7H2,1H3,(H,13,14,16,18).